The number of nitrogens with one attached hydrogen (secondary N) is 1. The van der Waals surface area contributed by atoms with Gasteiger partial charge < -0.3 is 10.2 Å². The highest BCUT2D eigenvalue weighted by Crippen LogP contribution is 2.05. The van der Waals surface area contributed by atoms with Gasteiger partial charge in [0.2, 0.25) is 0 Å². The lowest BCUT2D eigenvalue weighted by Gasteiger charge is -2.19. The fraction of sp³-hybridized carbons (Fsp3) is 0.700. The molecule has 0 aromatic heterocycles. The van der Waals surface area contributed by atoms with E-state index in [0.29, 0.717) is 12.1 Å². The minimum Gasteiger partial charge on any atom is -0.319 e. The first-order valence-electron chi connectivity index (χ1n) is 4.48. The molecule has 3 nitrogen and oxygen atoms in total. The van der Waals surface area contributed by atoms with Gasteiger partial charge in [-0.25, -0.2) is 0 Å². The summed E-state index contributed by atoms with van der Waals surface area (Å²) in [7, 11) is 5.79. The van der Waals surface area contributed by atoms with Crippen LogP contribution in [0.2, 0.25) is 0 Å². The van der Waals surface area contributed by atoms with Crippen molar-refractivity contribution in [2.75, 3.05) is 34.2 Å². The summed E-state index contributed by atoms with van der Waals surface area (Å²) in [5.41, 5.74) is 0.641. The summed E-state index contributed by atoms with van der Waals surface area (Å²) in [6, 6.07) is 0. The van der Waals surface area contributed by atoms with Crippen LogP contribution in [0, 0.1) is 5.92 Å². The second-order valence-electron chi connectivity index (χ2n) is 3.66. The van der Waals surface area contributed by atoms with Gasteiger partial charge in [-0.1, -0.05) is 6.58 Å². The van der Waals surface area contributed by atoms with Gasteiger partial charge >= 0.3 is 0 Å². The number of hydrogen-bond acceptors (Lipinski definition) is 3. The minimum absolute atomic E-state index is 0.0255. The normalized spacial score (nSPS) is 13.0. The fourth-order valence-electron chi connectivity index (χ4n) is 1.28. The highest BCUT2D eigenvalue weighted by Gasteiger charge is 2.18. The van der Waals surface area contributed by atoms with Crippen LogP contribution in [0.1, 0.15) is 6.92 Å². The third kappa shape index (κ3) is 4.80. The lowest BCUT2D eigenvalue weighted by molar-refractivity contribution is -0.119. The van der Waals surface area contributed by atoms with Crippen LogP contribution in [-0.2, 0) is 4.79 Å². The Kier molecular flexibility index (Phi) is 5.58. The maximum Gasteiger partial charge on any atom is 0.163 e. The number of ketones is 1. The summed E-state index contributed by atoms with van der Waals surface area (Å²) < 4.78 is 0. The van der Waals surface area contributed by atoms with E-state index in [9.17, 15) is 4.79 Å². The summed E-state index contributed by atoms with van der Waals surface area (Å²) in [6.45, 7) is 6.92. The number of carbonyl (C=O) groups excluding carboxylic acids is 1. The van der Waals surface area contributed by atoms with E-state index in [-0.39, 0.29) is 11.7 Å². The maximum absolute atomic E-state index is 11.6. The summed E-state index contributed by atoms with van der Waals surface area (Å²) in [5, 5.41) is 3.02. The molecule has 1 N–H and O–H groups in total. The quantitative estimate of drug-likeness (QED) is 0.611. The van der Waals surface area contributed by atoms with Gasteiger partial charge in [-0.3, -0.25) is 4.79 Å². The van der Waals surface area contributed by atoms with Crippen molar-refractivity contribution in [3.63, 3.8) is 0 Å². The summed E-state index contributed by atoms with van der Waals surface area (Å²) in [5.74, 6) is 0.181. The Bertz CT molecular complexity index is 187. The van der Waals surface area contributed by atoms with Crippen LogP contribution >= 0.6 is 0 Å². The molecule has 0 fully saturated rings. The first-order valence-corrected chi connectivity index (χ1v) is 4.48. The number of rotatable bonds is 6. The maximum atomic E-state index is 11.6. The van der Waals surface area contributed by atoms with E-state index in [1.807, 2.05) is 26.0 Å². The number of nitrogens with zero attached hydrogens (tertiary/aromatic N) is 1. The zero-order chi connectivity index (χ0) is 10.4. The second-order valence-corrected chi connectivity index (χ2v) is 3.66. The molecule has 0 aliphatic carbocycles. The predicted octanol–water partition coefficient (Wildman–Crippen LogP) is 0.529. The van der Waals surface area contributed by atoms with E-state index in [1.165, 1.54) is 0 Å². The van der Waals surface area contributed by atoms with Crippen molar-refractivity contribution in [3.8, 4) is 0 Å². The zero-order valence-electron chi connectivity index (χ0n) is 9.05. The monoisotopic (exact) mass is 184 g/mol. The Morgan fingerprint density at radius 2 is 2.08 bits per heavy atom. The molecule has 0 heterocycles. The SMILES string of the molecule is C=C(C)C(=O)C(CNC)CN(C)C. The molecule has 0 radical (unpaired) electrons. The van der Waals surface area contributed by atoms with Crippen LogP contribution in [0.25, 0.3) is 0 Å². The topological polar surface area (TPSA) is 32.3 Å². The van der Waals surface area contributed by atoms with E-state index in [2.05, 4.69) is 11.9 Å². The van der Waals surface area contributed by atoms with E-state index in [0.717, 1.165) is 6.54 Å². The van der Waals surface area contributed by atoms with E-state index in [1.54, 1.807) is 6.92 Å². The van der Waals surface area contributed by atoms with Crippen molar-refractivity contribution in [1.29, 1.82) is 0 Å². The van der Waals surface area contributed by atoms with Gasteiger partial charge in [0.1, 0.15) is 0 Å². The number of Topliss-reactive ketones (excluding diaryl/α,β-unsaturated/α-hetero) is 1. The number of hydrogen-bond donors (Lipinski definition) is 1. The van der Waals surface area contributed by atoms with Gasteiger partial charge in [0.15, 0.2) is 5.78 Å². The Morgan fingerprint density at radius 3 is 2.38 bits per heavy atom. The molecule has 0 aromatic carbocycles. The highest BCUT2D eigenvalue weighted by atomic mass is 16.1. The summed E-state index contributed by atoms with van der Waals surface area (Å²) >= 11 is 0. The van der Waals surface area contributed by atoms with Gasteiger partial charge in [0.05, 0.1) is 0 Å². The molecular formula is C10H20N2O. The minimum atomic E-state index is 0.0255. The lowest BCUT2D eigenvalue weighted by atomic mass is 9.99. The fourth-order valence-corrected chi connectivity index (χ4v) is 1.28. The molecule has 0 aliphatic rings. The average Bonchev–Trinajstić information content (AvgIpc) is 2.01. The Labute approximate surface area is 80.8 Å². The Morgan fingerprint density at radius 1 is 1.54 bits per heavy atom. The third-order valence-corrected chi connectivity index (χ3v) is 1.83. The van der Waals surface area contributed by atoms with Crippen LogP contribution in [0.3, 0.4) is 0 Å². The molecule has 1 unspecified atom stereocenters. The first kappa shape index (κ1) is 12.3. The Hall–Kier alpha value is -0.670. The molecule has 76 valence electrons. The summed E-state index contributed by atoms with van der Waals surface area (Å²) in [6.07, 6.45) is 0. The van der Waals surface area contributed by atoms with Gasteiger partial charge in [0, 0.05) is 19.0 Å². The standard InChI is InChI=1S/C10H20N2O/c1-8(2)10(13)9(6-11-3)7-12(4)5/h9,11H,1,6-7H2,2-5H3. The largest absolute Gasteiger partial charge is 0.319 e. The highest BCUT2D eigenvalue weighted by molar-refractivity contribution is 5.96. The van der Waals surface area contributed by atoms with Crippen LogP contribution in [0.5, 0.6) is 0 Å². The molecule has 0 rings (SSSR count). The number of carbonyl (C=O) groups is 1. The van der Waals surface area contributed by atoms with Crippen LogP contribution in [0.15, 0.2) is 12.2 Å². The molecule has 0 amide bonds. The lowest BCUT2D eigenvalue weighted by Crippen LogP contribution is -2.35. The molecular weight excluding hydrogens is 164 g/mol. The van der Waals surface area contributed by atoms with Gasteiger partial charge in [-0.15, -0.1) is 0 Å². The molecule has 0 aromatic rings. The van der Waals surface area contributed by atoms with Gasteiger partial charge in [-0.05, 0) is 33.6 Å². The Balaban J connectivity index is 4.23. The molecule has 0 saturated heterocycles. The van der Waals surface area contributed by atoms with Crippen molar-refractivity contribution in [2.24, 2.45) is 5.92 Å². The number of allylic oxidation sites excluding steroid dienone is 1. The van der Waals surface area contributed by atoms with E-state index in [4.69, 9.17) is 0 Å². The molecule has 0 aliphatic heterocycles. The smallest absolute Gasteiger partial charge is 0.163 e. The molecule has 0 bridgehead atoms. The van der Waals surface area contributed by atoms with Crippen molar-refractivity contribution < 1.29 is 4.79 Å². The zero-order valence-corrected chi connectivity index (χ0v) is 9.05. The van der Waals surface area contributed by atoms with E-state index >= 15 is 0 Å². The average molecular weight is 184 g/mol. The van der Waals surface area contributed by atoms with Crippen molar-refractivity contribution in [1.82, 2.24) is 10.2 Å². The molecule has 13 heavy (non-hydrogen) atoms. The third-order valence-electron chi connectivity index (χ3n) is 1.83. The first-order chi connectivity index (χ1) is 5.99. The van der Waals surface area contributed by atoms with Gasteiger partial charge in [0.25, 0.3) is 0 Å². The van der Waals surface area contributed by atoms with Crippen molar-refractivity contribution >= 4 is 5.78 Å². The van der Waals surface area contributed by atoms with Gasteiger partial charge in [-0.2, -0.15) is 0 Å². The van der Waals surface area contributed by atoms with Crippen LogP contribution in [0.4, 0.5) is 0 Å². The molecule has 0 saturated carbocycles. The van der Waals surface area contributed by atoms with Crippen LogP contribution in [-0.4, -0.2) is 44.9 Å². The summed E-state index contributed by atoms with van der Waals surface area (Å²) in [4.78, 5) is 13.6. The van der Waals surface area contributed by atoms with E-state index < -0.39 is 0 Å². The van der Waals surface area contributed by atoms with Crippen LogP contribution < -0.4 is 5.32 Å². The molecule has 3 heteroatoms. The van der Waals surface area contributed by atoms with Crippen molar-refractivity contribution in [3.05, 3.63) is 12.2 Å². The second kappa shape index (κ2) is 5.89. The predicted molar refractivity (Wildman–Crippen MR) is 55.8 cm³/mol. The molecule has 0 spiro atoms. The van der Waals surface area contributed by atoms with Crippen molar-refractivity contribution in [2.45, 2.75) is 6.92 Å². The molecule has 1 atom stereocenters.